The number of aromatic amines is 1. The SMILES string of the molecule is O=C(Nc1cnc(-c2cccc(O)c2)nc1)c1cc2occc2[nH]1. The summed E-state index contributed by atoms with van der Waals surface area (Å²) in [5.41, 5.74) is 2.93. The molecule has 7 nitrogen and oxygen atoms in total. The Morgan fingerprint density at radius 1 is 1.17 bits per heavy atom. The van der Waals surface area contributed by atoms with Crippen LogP contribution in [0, 0.1) is 0 Å². The monoisotopic (exact) mass is 320 g/mol. The molecule has 3 N–H and O–H groups in total. The molecule has 1 amide bonds. The highest BCUT2D eigenvalue weighted by molar-refractivity contribution is 6.05. The second-order valence-corrected chi connectivity index (χ2v) is 5.18. The summed E-state index contributed by atoms with van der Waals surface area (Å²) in [6.07, 6.45) is 4.57. The number of amides is 1. The number of phenols is 1. The van der Waals surface area contributed by atoms with Gasteiger partial charge in [0, 0.05) is 17.7 Å². The quantitative estimate of drug-likeness (QED) is 0.538. The smallest absolute Gasteiger partial charge is 0.272 e. The normalized spacial score (nSPS) is 10.8. The van der Waals surface area contributed by atoms with E-state index in [1.807, 2.05) is 0 Å². The highest BCUT2D eigenvalue weighted by Crippen LogP contribution is 2.21. The number of furan rings is 1. The number of H-pyrrole nitrogens is 1. The summed E-state index contributed by atoms with van der Waals surface area (Å²) in [6.45, 7) is 0. The van der Waals surface area contributed by atoms with E-state index in [2.05, 4.69) is 20.3 Å². The second kappa shape index (κ2) is 5.54. The van der Waals surface area contributed by atoms with Crippen LogP contribution in [0.2, 0.25) is 0 Å². The molecule has 3 heterocycles. The summed E-state index contributed by atoms with van der Waals surface area (Å²) in [6, 6.07) is 10.0. The number of nitrogens with one attached hydrogen (secondary N) is 2. The molecule has 0 atom stereocenters. The average molecular weight is 320 g/mol. The molecule has 0 saturated carbocycles. The molecule has 1 aromatic carbocycles. The molecule has 24 heavy (non-hydrogen) atoms. The summed E-state index contributed by atoms with van der Waals surface area (Å²) in [4.78, 5) is 23.6. The van der Waals surface area contributed by atoms with Gasteiger partial charge >= 0.3 is 0 Å². The molecule has 0 aliphatic heterocycles. The Morgan fingerprint density at radius 2 is 2.00 bits per heavy atom. The van der Waals surface area contributed by atoms with E-state index < -0.39 is 0 Å². The molecule has 0 saturated heterocycles. The van der Waals surface area contributed by atoms with Crippen molar-refractivity contribution in [2.75, 3.05) is 5.32 Å². The van der Waals surface area contributed by atoms with Gasteiger partial charge in [0.15, 0.2) is 11.4 Å². The Morgan fingerprint density at radius 3 is 2.75 bits per heavy atom. The van der Waals surface area contributed by atoms with Gasteiger partial charge in [-0.1, -0.05) is 12.1 Å². The summed E-state index contributed by atoms with van der Waals surface area (Å²) >= 11 is 0. The van der Waals surface area contributed by atoms with Crippen LogP contribution < -0.4 is 5.32 Å². The molecule has 0 unspecified atom stereocenters. The third-order valence-electron chi connectivity index (χ3n) is 3.50. The minimum Gasteiger partial charge on any atom is -0.508 e. The lowest BCUT2D eigenvalue weighted by atomic mass is 10.2. The molecule has 0 radical (unpaired) electrons. The van der Waals surface area contributed by atoms with Gasteiger partial charge in [0.05, 0.1) is 29.9 Å². The van der Waals surface area contributed by atoms with Crippen LogP contribution in [0.25, 0.3) is 22.5 Å². The highest BCUT2D eigenvalue weighted by Gasteiger charge is 2.12. The number of anilines is 1. The number of nitrogens with zero attached hydrogens (tertiary/aromatic N) is 2. The molecule has 0 aliphatic rings. The fourth-order valence-corrected chi connectivity index (χ4v) is 2.36. The lowest BCUT2D eigenvalue weighted by molar-refractivity contribution is 0.102. The van der Waals surface area contributed by atoms with Gasteiger partial charge in [-0.25, -0.2) is 9.97 Å². The van der Waals surface area contributed by atoms with Crippen molar-refractivity contribution in [1.82, 2.24) is 15.0 Å². The molecule has 0 aliphatic carbocycles. The number of hydrogen-bond donors (Lipinski definition) is 3. The van der Waals surface area contributed by atoms with Crippen molar-refractivity contribution >= 4 is 22.7 Å². The average Bonchev–Trinajstić information content (AvgIpc) is 3.17. The number of carbonyl (C=O) groups is 1. The van der Waals surface area contributed by atoms with E-state index in [1.165, 1.54) is 12.4 Å². The summed E-state index contributed by atoms with van der Waals surface area (Å²) in [5, 5.41) is 12.2. The van der Waals surface area contributed by atoms with E-state index in [1.54, 1.807) is 42.7 Å². The topological polar surface area (TPSA) is 104 Å². The van der Waals surface area contributed by atoms with Crippen LogP contribution in [0.15, 0.2) is 59.5 Å². The zero-order valence-electron chi connectivity index (χ0n) is 12.4. The van der Waals surface area contributed by atoms with E-state index >= 15 is 0 Å². The number of rotatable bonds is 3. The molecular formula is C17H12N4O3. The van der Waals surface area contributed by atoms with Gasteiger partial charge in [0.2, 0.25) is 0 Å². The molecule has 0 spiro atoms. The maximum absolute atomic E-state index is 12.2. The first-order valence-electron chi connectivity index (χ1n) is 7.18. The van der Waals surface area contributed by atoms with Gasteiger partial charge in [-0.2, -0.15) is 0 Å². The third-order valence-corrected chi connectivity index (χ3v) is 3.50. The van der Waals surface area contributed by atoms with Crippen LogP contribution >= 0.6 is 0 Å². The van der Waals surface area contributed by atoms with E-state index in [0.29, 0.717) is 28.4 Å². The maximum Gasteiger partial charge on any atom is 0.272 e. The lowest BCUT2D eigenvalue weighted by Crippen LogP contribution is -2.12. The predicted molar refractivity (Wildman–Crippen MR) is 87.7 cm³/mol. The van der Waals surface area contributed by atoms with Gasteiger partial charge < -0.3 is 19.8 Å². The zero-order chi connectivity index (χ0) is 16.5. The van der Waals surface area contributed by atoms with Gasteiger partial charge in [-0.3, -0.25) is 4.79 Å². The fourth-order valence-electron chi connectivity index (χ4n) is 2.36. The predicted octanol–water partition coefficient (Wildman–Crippen LogP) is 3.18. The Bertz CT molecular complexity index is 989. The Balaban J connectivity index is 1.52. The molecular weight excluding hydrogens is 308 g/mol. The zero-order valence-corrected chi connectivity index (χ0v) is 12.4. The van der Waals surface area contributed by atoms with Crippen molar-refractivity contribution < 1.29 is 14.3 Å². The minimum atomic E-state index is -0.310. The second-order valence-electron chi connectivity index (χ2n) is 5.18. The Hall–Kier alpha value is -3.61. The highest BCUT2D eigenvalue weighted by atomic mass is 16.3. The number of hydrogen-bond acceptors (Lipinski definition) is 5. The van der Waals surface area contributed by atoms with Gasteiger partial charge in [-0.05, 0) is 12.1 Å². The molecule has 0 fully saturated rings. The first kappa shape index (κ1) is 14.0. The van der Waals surface area contributed by atoms with Gasteiger partial charge in [-0.15, -0.1) is 0 Å². The maximum atomic E-state index is 12.2. The number of carbonyl (C=O) groups excluding carboxylic acids is 1. The van der Waals surface area contributed by atoms with Crippen LogP contribution in [0.3, 0.4) is 0 Å². The number of benzene rings is 1. The van der Waals surface area contributed by atoms with Crippen molar-refractivity contribution in [1.29, 1.82) is 0 Å². The van der Waals surface area contributed by atoms with Gasteiger partial charge in [0.1, 0.15) is 11.4 Å². The molecule has 4 aromatic rings. The first-order chi connectivity index (χ1) is 11.7. The van der Waals surface area contributed by atoms with Crippen LogP contribution in [0.4, 0.5) is 5.69 Å². The van der Waals surface area contributed by atoms with Crippen LogP contribution in [0.1, 0.15) is 10.5 Å². The number of aromatic nitrogens is 3. The molecule has 7 heteroatoms. The first-order valence-corrected chi connectivity index (χ1v) is 7.18. The minimum absolute atomic E-state index is 0.143. The number of aromatic hydroxyl groups is 1. The van der Waals surface area contributed by atoms with Crippen molar-refractivity contribution in [3.8, 4) is 17.1 Å². The van der Waals surface area contributed by atoms with Crippen molar-refractivity contribution in [2.24, 2.45) is 0 Å². The van der Waals surface area contributed by atoms with Crippen LogP contribution in [-0.4, -0.2) is 26.0 Å². The van der Waals surface area contributed by atoms with Crippen molar-refractivity contribution in [3.05, 3.63) is 60.7 Å². The Labute approximate surface area is 136 Å². The fraction of sp³-hybridized carbons (Fsp3) is 0. The summed E-state index contributed by atoms with van der Waals surface area (Å²) < 4.78 is 5.22. The summed E-state index contributed by atoms with van der Waals surface area (Å²) in [7, 11) is 0. The van der Waals surface area contributed by atoms with E-state index in [0.717, 1.165) is 5.52 Å². The molecule has 4 rings (SSSR count). The van der Waals surface area contributed by atoms with Crippen LogP contribution in [0.5, 0.6) is 5.75 Å². The largest absolute Gasteiger partial charge is 0.508 e. The van der Waals surface area contributed by atoms with Crippen LogP contribution in [-0.2, 0) is 0 Å². The lowest BCUT2D eigenvalue weighted by Gasteiger charge is -2.04. The molecule has 3 aromatic heterocycles. The molecule has 0 bridgehead atoms. The number of phenolic OH excluding ortho intramolecular Hbond substituents is 1. The van der Waals surface area contributed by atoms with Crippen molar-refractivity contribution in [2.45, 2.75) is 0 Å². The number of fused-ring (bicyclic) bond motifs is 1. The van der Waals surface area contributed by atoms with Gasteiger partial charge in [0.25, 0.3) is 5.91 Å². The summed E-state index contributed by atoms with van der Waals surface area (Å²) in [5.74, 6) is 0.293. The molecule has 118 valence electrons. The van der Waals surface area contributed by atoms with E-state index in [4.69, 9.17) is 4.42 Å². The standard InChI is InChI=1S/C17H12N4O3/c22-12-3-1-2-10(6-12)16-18-8-11(9-19-16)20-17(23)14-7-15-13(21-14)4-5-24-15/h1-9,21-22H,(H,20,23). The third kappa shape index (κ3) is 2.58. The van der Waals surface area contributed by atoms with Crippen molar-refractivity contribution in [3.63, 3.8) is 0 Å². The van der Waals surface area contributed by atoms with E-state index in [9.17, 15) is 9.90 Å². The Kier molecular flexibility index (Phi) is 3.24. The van der Waals surface area contributed by atoms with E-state index in [-0.39, 0.29) is 11.7 Å².